The first-order valence-corrected chi connectivity index (χ1v) is 13.3. The van der Waals surface area contributed by atoms with Gasteiger partial charge in [0.15, 0.2) is 18.1 Å². The molecule has 1 aromatic rings. The quantitative estimate of drug-likeness (QED) is 0.593. The average molecular weight is 487 g/mol. The van der Waals surface area contributed by atoms with Crippen molar-refractivity contribution in [2.45, 2.75) is 68.7 Å². The minimum atomic E-state index is -0.728. The van der Waals surface area contributed by atoms with E-state index in [0.29, 0.717) is 44.1 Å². The molecule has 35 heavy (non-hydrogen) atoms. The second-order valence-electron chi connectivity index (χ2n) is 10.4. The van der Waals surface area contributed by atoms with Crippen molar-refractivity contribution < 1.29 is 28.5 Å². The van der Waals surface area contributed by atoms with Crippen LogP contribution in [0.5, 0.6) is 11.5 Å². The van der Waals surface area contributed by atoms with E-state index in [1.807, 2.05) is 18.2 Å². The van der Waals surface area contributed by atoms with E-state index >= 15 is 0 Å². The molecule has 4 aliphatic rings. The lowest BCUT2D eigenvalue weighted by molar-refractivity contribution is -0.154. The number of amides is 1. The Morgan fingerprint density at radius 2 is 1.57 bits per heavy atom. The number of benzene rings is 1. The molecule has 2 aliphatic carbocycles. The molecule has 0 unspecified atom stereocenters. The summed E-state index contributed by atoms with van der Waals surface area (Å²) in [6.45, 7) is 4.68. The van der Waals surface area contributed by atoms with Crippen molar-refractivity contribution in [2.75, 3.05) is 52.7 Å². The smallest absolute Gasteiger partial charge is 0.317 e. The van der Waals surface area contributed by atoms with Gasteiger partial charge in [0.25, 0.3) is 5.91 Å². The Labute approximate surface area is 207 Å². The summed E-state index contributed by atoms with van der Waals surface area (Å²) >= 11 is 0. The van der Waals surface area contributed by atoms with Gasteiger partial charge in [-0.15, -0.1) is 0 Å². The van der Waals surface area contributed by atoms with Gasteiger partial charge in [-0.3, -0.25) is 14.5 Å². The molecule has 8 nitrogen and oxygen atoms in total. The van der Waals surface area contributed by atoms with E-state index in [1.165, 1.54) is 19.3 Å². The number of hydrogen-bond donors (Lipinski definition) is 1. The van der Waals surface area contributed by atoms with Crippen molar-refractivity contribution in [2.24, 2.45) is 0 Å². The van der Waals surface area contributed by atoms with Gasteiger partial charge in [0, 0.05) is 25.2 Å². The Bertz CT molecular complexity index is 901. The maximum atomic E-state index is 13.4. The van der Waals surface area contributed by atoms with Crippen LogP contribution in [-0.4, -0.2) is 75.0 Å². The number of fused-ring (bicyclic) bond motifs is 1. The predicted molar refractivity (Wildman–Crippen MR) is 130 cm³/mol. The molecule has 0 aromatic heterocycles. The van der Waals surface area contributed by atoms with E-state index in [2.05, 4.69) is 10.2 Å². The third-order valence-electron chi connectivity index (χ3n) is 8.36. The molecule has 2 heterocycles. The minimum absolute atomic E-state index is 0.0143. The summed E-state index contributed by atoms with van der Waals surface area (Å²) in [5.41, 5.74) is 0.145. The summed E-state index contributed by atoms with van der Waals surface area (Å²) in [7, 11) is 0. The maximum absolute atomic E-state index is 13.4. The number of carbonyl (C=O) groups is 2. The fourth-order valence-corrected chi connectivity index (χ4v) is 6.37. The molecule has 1 saturated heterocycles. The van der Waals surface area contributed by atoms with Crippen molar-refractivity contribution in [1.29, 1.82) is 0 Å². The van der Waals surface area contributed by atoms with Gasteiger partial charge < -0.3 is 24.3 Å². The van der Waals surface area contributed by atoms with Gasteiger partial charge >= 0.3 is 5.97 Å². The van der Waals surface area contributed by atoms with E-state index in [0.717, 1.165) is 57.6 Å². The molecule has 8 heteroatoms. The third-order valence-corrected chi connectivity index (χ3v) is 8.36. The second-order valence-corrected chi connectivity index (χ2v) is 10.4. The number of carbonyl (C=O) groups excluding carboxylic acids is 2. The van der Waals surface area contributed by atoms with Gasteiger partial charge in [-0.1, -0.05) is 38.2 Å². The molecule has 0 atom stereocenters. The summed E-state index contributed by atoms with van der Waals surface area (Å²) in [4.78, 5) is 28.7. The van der Waals surface area contributed by atoms with Gasteiger partial charge in [-0.05, 0) is 43.4 Å². The van der Waals surface area contributed by atoms with Gasteiger partial charge in [-0.2, -0.15) is 0 Å². The van der Waals surface area contributed by atoms with Crippen LogP contribution in [0.15, 0.2) is 18.2 Å². The zero-order valence-corrected chi connectivity index (χ0v) is 20.6. The van der Waals surface area contributed by atoms with Crippen LogP contribution in [0.4, 0.5) is 0 Å². The minimum Gasteiger partial charge on any atom is -0.486 e. The lowest BCUT2D eigenvalue weighted by Crippen LogP contribution is -2.60. The number of morpholine rings is 1. The molecule has 3 fully saturated rings. The molecule has 1 aromatic carbocycles. The first-order valence-electron chi connectivity index (χ1n) is 13.3. The fourth-order valence-electron chi connectivity index (χ4n) is 6.37. The van der Waals surface area contributed by atoms with E-state index in [-0.39, 0.29) is 24.0 Å². The summed E-state index contributed by atoms with van der Waals surface area (Å²) < 4.78 is 22.6. The van der Waals surface area contributed by atoms with Gasteiger partial charge in [0.2, 0.25) is 0 Å². The van der Waals surface area contributed by atoms with Crippen molar-refractivity contribution in [3.8, 4) is 11.5 Å². The van der Waals surface area contributed by atoms with Gasteiger partial charge in [-0.25, -0.2) is 0 Å². The fraction of sp³-hybridized carbons (Fsp3) is 0.704. The zero-order valence-electron chi connectivity index (χ0n) is 20.6. The molecule has 192 valence electrons. The Morgan fingerprint density at radius 3 is 2.31 bits per heavy atom. The highest BCUT2D eigenvalue weighted by Gasteiger charge is 2.45. The van der Waals surface area contributed by atoms with E-state index < -0.39 is 5.41 Å². The molecule has 2 saturated carbocycles. The lowest BCUT2D eigenvalue weighted by atomic mass is 9.78. The van der Waals surface area contributed by atoms with Crippen LogP contribution < -0.4 is 14.8 Å². The van der Waals surface area contributed by atoms with Gasteiger partial charge in [0.1, 0.15) is 13.2 Å². The normalized spacial score (nSPS) is 23.4. The lowest BCUT2D eigenvalue weighted by Gasteiger charge is -2.48. The monoisotopic (exact) mass is 486 g/mol. The number of ether oxygens (including phenoxy) is 4. The van der Waals surface area contributed by atoms with Crippen LogP contribution >= 0.6 is 0 Å². The topological polar surface area (TPSA) is 86.3 Å². The number of nitrogens with one attached hydrogen (secondary N) is 1. The number of hydrogen-bond acceptors (Lipinski definition) is 7. The molecule has 1 amide bonds. The Hall–Kier alpha value is -2.32. The highest BCUT2D eigenvalue weighted by molar-refractivity contribution is 5.87. The first-order chi connectivity index (χ1) is 17.1. The highest BCUT2D eigenvalue weighted by atomic mass is 16.6. The van der Waals surface area contributed by atoms with E-state index in [9.17, 15) is 9.59 Å². The molecular formula is C27H38N2O6. The summed E-state index contributed by atoms with van der Waals surface area (Å²) in [5, 5.41) is 3.09. The molecule has 0 bridgehead atoms. The number of rotatable bonds is 7. The number of esters is 1. The van der Waals surface area contributed by atoms with Crippen molar-refractivity contribution in [3.63, 3.8) is 0 Å². The van der Waals surface area contributed by atoms with E-state index in [4.69, 9.17) is 18.9 Å². The molecule has 0 radical (unpaired) electrons. The van der Waals surface area contributed by atoms with Crippen LogP contribution in [-0.2, 0) is 24.5 Å². The van der Waals surface area contributed by atoms with Crippen LogP contribution in [0.25, 0.3) is 0 Å². The Morgan fingerprint density at radius 1 is 0.886 bits per heavy atom. The highest BCUT2D eigenvalue weighted by Crippen LogP contribution is 2.45. The third kappa shape index (κ3) is 5.14. The van der Waals surface area contributed by atoms with Crippen molar-refractivity contribution >= 4 is 11.9 Å². The molecule has 2 aliphatic heterocycles. The first kappa shape index (κ1) is 24.4. The summed E-state index contributed by atoms with van der Waals surface area (Å²) in [5.74, 6) is 0.832. The van der Waals surface area contributed by atoms with Crippen LogP contribution in [0.2, 0.25) is 0 Å². The SMILES string of the molecule is O=C(COC(=O)C1(c2ccc3c(c2)OCCO3)CCCC1)NCC1(N2CCOCC2)CCCCC1. The van der Waals surface area contributed by atoms with Crippen molar-refractivity contribution in [3.05, 3.63) is 23.8 Å². The van der Waals surface area contributed by atoms with Gasteiger partial charge in [0.05, 0.1) is 18.6 Å². The predicted octanol–water partition coefficient (Wildman–Crippen LogP) is 2.96. The molecule has 5 rings (SSSR count). The Balaban J connectivity index is 1.20. The standard InChI is InChI=1S/C27H38N2O6/c30-24(28-20-26(8-2-1-3-9-26)29-12-14-32-15-13-29)19-35-25(31)27(10-4-5-11-27)21-6-7-22-23(18-21)34-17-16-33-22/h6-7,18H,1-5,8-17,19-20H2,(H,28,30). The summed E-state index contributed by atoms with van der Waals surface area (Å²) in [6, 6.07) is 5.73. The number of nitrogens with zero attached hydrogens (tertiary/aromatic N) is 1. The van der Waals surface area contributed by atoms with Crippen LogP contribution in [0, 0.1) is 0 Å². The average Bonchev–Trinajstić information content (AvgIpc) is 3.43. The molecule has 1 N–H and O–H groups in total. The second kappa shape index (κ2) is 10.7. The van der Waals surface area contributed by atoms with Crippen LogP contribution in [0.3, 0.4) is 0 Å². The van der Waals surface area contributed by atoms with Crippen molar-refractivity contribution in [1.82, 2.24) is 10.2 Å². The Kier molecular flexibility index (Phi) is 7.48. The summed E-state index contributed by atoms with van der Waals surface area (Å²) in [6.07, 6.45) is 9.12. The van der Waals surface area contributed by atoms with Crippen LogP contribution in [0.1, 0.15) is 63.4 Å². The molecular weight excluding hydrogens is 448 g/mol. The largest absolute Gasteiger partial charge is 0.486 e. The maximum Gasteiger partial charge on any atom is 0.317 e. The molecule has 0 spiro atoms. The zero-order chi connectivity index (χ0) is 24.1. The van der Waals surface area contributed by atoms with E-state index in [1.54, 1.807) is 0 Å².